The Bertz CT molecular complexity index is 1650. The number of nitrogens with zero attached hydrogens (tertiary/aromatic N) is 1. The van der Waals surface area contributed by atoms with Crippen molar-refractivity contribution >= 4 is 6.09 Å². The lowest BCUT2D eigenvalue weighted by molar-refractivity contribution is 0.0814. The summed E-state index contributed by atoms with van der Waals surface area (Å²) in [6.45, 7) is 1.31. The third-order valence-electron chi connectivity index (χ3n) is 8.35. The maximum atomic E-state index is 14.0. The van der Waals surface area contributed by atoms with Crippen molar-refractivity contribution in [3.05, 3.63) is 116 Å². The van der Waals surface area contributed by atoms with E-state index < -0.39 is 6.09 Å². The van der Waals surface area contributed by atoms with E-state index in [4.69, 9.17) is 13.8 Å². The smallest absolute Gasteiger partial charge is 0.409 e. The molecule has 4 atom stereocenters. The quantitative estimate of drug-likeness (QED) is 0.284. The second-order valence-electron chi connectivity index (χ2n) is 11.2. The Balaban J connectivity index is 0.000000177. The number of hydrogen-bond acceptors (Lipinski definition) is 7. The molecule has 2 aromatic heterocycles. The van der Waals surface area contributed by atoms with E-state index in [0.29, 0.717) is 49.3 Å². The number of carbonyl (C=O) groups is 1. The topological polar surface area (TPSA) is 134 Å². The second-order valence-corrected chi connectivity index (χ2v) is 11.2. The Kier molecular flexibility index (Phi) is 10.1. The molecule has 4 aromatic rings. The number of carbonyl (C=O) groups excluding carboxylic acids is 1. The molecule has 4 heterocycles. The van der Waals surface area contributed by atoms with Crippen LogP contribution < -0.4 is 16.4 Å². The summed E-state index contributed by atoms with van der Waals surface area (Å²) in [4.78, 5) is 36.1. The maximum absolute atomic E-state index is 14.0. The molecule has 2 fully saturated rings. The predicted molar refractivity (Wildman–Crippen MR) is 158 cm³/mol. The zero-order valence-electron chi connectivity index (χ0n) is 24.4. The lowest BCUT2D eigenvalue weighted by Gasteiger charge is -2.38. The third-order valence-corrected chi connectivity index (χ3v) is 8.35. The Morgan fingerprint density at radius 1 is 0.864 bits per heavy atom. The summed E-state index contributed by atoms with van der Waals surface area (Å²) in [5, 5.41) is 8.02. The molecule has 2 aromatic carbocycles. The van der Waals surface area contributed by atoms with Crippen LogP contribution in [0.2, 0.25) is 0 Å². The minimum Gasteiger partial charge on any atom is -0.453 e. The Hall–Kier alpha value is -4.45. The molecule has 10 nitrogen and oxygen atoms in total. The standard InChI is InChI=1S/C17H19FN2O4.C15H17FN2O2/c1-23-17(22)20-7-6-12(15-10-16(21)19-24-15)9-13(20)8-11-4-2-3-5-14(11)18;16-13-4-2-1-3-10(13)7-12-8-11(5-6-17-12)14-9-15(19)18-20-14/h2-5,10,12-13H,6-9H2,1H3,(H,19,21);1-4,9,11-12,17H,5-8H2,(H,18,19)/t12-,13-;11-,12-/m00/s1. The molecule has 0 radical (unpaired) electrons. The summed E-state index contributed by atoms with van der Waals surface area (Å²) >= 11 is 0. The fourth-order valence-corrected chi connectivity index (χ4v) is 6.13. The van der Waals surface area contributed by atoms with E-state index in [2.05, 4.69) is 15.6 Å². The van der Waals surface area contributed by atoms with Gasteiger partial charge >= 0.3 is 6.09 Å². The van der Waals surface area contributed by atoms with E-state index in [1.807, 2.05) is 12.1 Å². The van der Waals surface area contributed by atoms with Crippen LogP contribution in [0.15, 0.2) is 79.3 Å². The zero-order chi connectivity index (χ0) is 31.1. The highest BCUT2D eigenvalue weighted by molar-refractivity contribution is 5.68. The summed E-state index contributed by atoms with van der Waals surface area (Å²) in [6, 6.07) is 16.3. The molecular formula is C32H36F2N4O6. The summed E-state index contributed by atoms with van der Waals surface area (Å²) in [6.07, 6.45) is 3.60. The Labute approximate surface area is 252 Å². The van der Waals surface area contributed by atoms with Gasteiger partial charge in [-0.15, -0.1) is 0 Å². The van der Waals surface area contributed by atoms with Gasteiger partial charge in [-0.1, -0.05) is 36.4 Å². The number of aromatic amines is 2. The van der Waals surface area contributed by atoms with E-state index in [1.165, 1.54) is 31.4 Å². The van der Waals surface area contributed by atoms with Crippen molar-refractivity contribution in [3.63, 3.8) is 0 Å². The molecule has 2 saturated heterocycles. The number of piperidine rings is 2. The minimum atomic E-state index is -0.426. The van der Waals surface area contributed by atoms with Gasteiger partial charge in [-0.2, -0.15) is 10.3 Å². The van der Waals surface area contributed by atoms with Crippen LogP contribution in [0.4, 0.5) is 13.6 Å². The molecule has 0 aliphatic carbocycles. The molecular weight excluding hydrogens is 574 g/mol. The number of methoxy groups -OCH3 is 1. The monoisotopic (exact) mass is 610 g/mol. The van der Waals surface area contributed by atoms with Gasteiger partial charge in [-0.25, -0.2) is 13.6 Å². The summed E-state index contributed by atoms with van der Waals surface area (Å²) in [5.41, 5.74) is 0.781. The van der Waals surface area contributed by atoms with Crippen molar-refractivity contribution in [2.45, 2.75) is 62.4 Å². The Morgan fingerprint density at radius 3 is 1.98 bits per heavy atom. The van der Waals surface area contributed by atoms with Gasteiger partial charge in [0, 0.05) is 42.6 Å². The van der Waals surface area contributed by atoms with Gasteiger partial charge in [-0.05, 0) is 68.3 Å². The number of likely N-dealkylation sites (tertiary alicyclic amines) is 1. The van der Waals surface area contributed by atoms with Crippen LogP contribution in [0.3, 0.4) is 0 Å². The normalized spacial score (nSPS) is 21.8. The molecule has 3 N–H and O–H groups in total. The van der Waals surface area contributed by atoms with E-state index in [0.717, 1.165) is 24.9 Å². The number of rotatable bonds is 6. The van der Waals surface area contributed by atoms with Crippen LogP contribution in [0, 0.1) is 11.6 Å². The molecule has 2 aliphatic heterocycles. The molecule has 12 heteroatoms. The molecule has 0 unspecified atom stereocenters. The maximum Gasteiger partial charge on any atom is 0.409 e. The van der Waals surface area contributed by atoms with Crippen LogP contribution >= 0.6 is 0 Å². The van der Waals surface area contributed by atoms with Gasteiger partial charge in [0.25, 0.3) is 11.1 Å². The van der Waals surface area contributed by atoms with Gasteiger partial charge in [0.05, 0.1) is 7.11 Å². The summed E-state index contributed by atoms with van der Waals surface area (Å²) < 4.78 is 42.9. The van der Waals surface area contributed by atoms with E-state index in [1.54, 1.807) is 29.2 Å². The highest BCUT2D eigenvalue weighted by Crippen LogP contribution is 2.33. The first-order valence-corrected chi connectivity index (χ1v) is 14.7. The predicted octanol–water partition coefficient (Wildman–Crippen LogP) is 4.85. The van der Waals surface area contributed by atoms with E-state index >= 15 is 0 Å². The number of ether oxygens (including phenoxy) is 1. The Morgan fingerprint density at radius 2 is 1.43 bits per heavy atom. The molecule has 1 amide bonds. The zero-order valence-corrected chi connectivity index (χ0v) is 24.4. The molecule has 2 aliphatic rings. The lowest BCUT2D eigenvalue weighted by Crippen LogP contribution is -2.46. The van der Waals surface area contributed by atoms with Crippen molar-refractivity contribution in [2.75, 3.05) is 20.2 Å². The highest BCUT2D eigenvalue weighted by atomic mass is 19.1. The fourth-order valence-electron chi connectivity index (χ4n) is 6.13. The van der Waals surface area contributed by atoms with Crippen LogP contribution in [0.25, 0.3) is 0 Å². The van der Waals surface area contributed by atoms with Crippen LogP contribution in [0.5, 0.6) is 0 Å². The fraction of sp³-hybridized carbons (Fsp3) is 0.406. The SMILES string of the molecule is COC(=O)N1CC[C@H](c2cc(=O)[nH]o2)C[C@@H]1Cc1ccccc1F.O=c1cc([C@H]2CCN[C@@H](Cc3ccccc3F)C2)o[nH]1. The van der Waals surface area contributed by atoms with Gasteiger partial charge in [0.15, 0.2) is 0 Å². The first kappa shape index (κ1) is 31.0. The van der Waals surface area contributed by atoms with E-state index in [9.17, 15) is 23.2 Å². The van der Waals surface area contributed by atoms with E-state index in [-0.39, 0.29) is 46.7 Å². The summed E-state index contributed by atoms with van der Waals surface area (Å²) in [7, 11) is 1.33. The van der Waals surface area contributed by atoms with Gasteiger partial charge < -0.3 is 24.0 Å². The molecule has 6 rings (SSSR count). The van der Waals surface area contributed by atoms with Crippen molar-refractivity contribution in [1.82, 2.24) is 20.5 Å². The molecule has 0 spiro atoms. The van der Waals surface area contributed by atoms with Crippen LogP contribution in [-0.2, 0) is 17.6 Å². The number of H-pyrrole nitrogens is 2. The number of benzene rings is 2. The number of halogens is 2. The summed E-state index contributed by atoms with van der Waals surface area (Å²) in [5.74, 6) is 1.04. The van der Waals surface area contributed by atoms with Crippen LogP contribution in [-0.4, -0.2) is 53.6 Å². The van der Waals surface area contributed by atoms with Crippen molar-refractivity contribution in [1.29, 1.82) is 0 Å². The van der Waals surface area contributed by atoms with Crippen molar-refractivity contribution in [3.8, 4) is 0 Å². The molecule has 0 saturated carbocycles. The number of nitrogens with one attached hydrogen (secondary N) is 3. The van der Waals surface area contributed by atoms with Gasteiger partial charge in [-0.3, -0.25) is 9.59 Å². The first-order valence-electron chi connectivity index (χ1n) is 14.7. The number of hydrogen-bond donors (Lipinski definition) is 3. The minimum absolute atomic E-state index is 0.00151. The molecule has 234 valence electrons. The highest BCUT2D eigenvalue weighted by Gasteiger charge is 2.35. The van der Waals surface area contributed by atoms with Gasteiger partial charge in [0.1, 0.15) is 23.2 Å². The average Bonchev–Trinajstić information content (AvgIpc) is 3.68. The largest absolute Gasteiger partial charge is 0.453 e. The van der Waals surface area contributed by atoms with Crippen LogP contribution in [0.1, 0.15) is 60.2 Å². The molecule has 0 bridgehead atoms. The molecule has 44 heavy (non-hydrogen) atoms. The van der Waals surface area contributed by atoms with Gasteiger partial charge in [0.2, 0.25) is 0 Å². The second kappa shape index (κ2) is 14.3. The number of amides is 1. The first-order chi connectivity index (χ1) is 21.3. The third kappa shape index (κ3) is 7.73. The van der Waals surface area contributed by atoms with Crippen molar-refractivity contribution < 1.29 is 27.4 Å². The lowest BCUT2D eigenvalue weighted by atomic mass is 9.86. The average molecular weight is 611 g/mol. The number of aromatic nitrogens is 2. The van der Waals surface area contributed by atoms with Crippen molar-refractivity contribution in [2.24, 2.45) is 0 Å².